The lowest BCUT2D eigenvalue weighted by atomic mass is 10.1. The molecule has 27 heavy (non-hydrogen) atoms. The van der Waals surface area contributed by atoms with Gasteiger partial charge in [0.2, 0.25) is 0 Å². The normalized spacial score (nSPS) is 13.4. The molecule has 3 aromatic rings. The van der Waals surface area contributed by atoms with Gasteiger partial charge >= 0.3 is 0 Å². The number of thiazole rings is 1. The maximum atomic E-state index is 12.5. The molecule has 0 radical (unpaired) electrons. The molecule has 4 rings (SSSR count). The number of hydrogen-bond acceptors (Lipinski definition) is 4. The second-order valence-corrected chi connectivity index (χ2v) is 7.84. The minimum atomic E-state index is -0.0652. The average molecular weight is 399 g/mol. The van der Waals surface area contributed by atoms with Crippen LogP contribution in [0, 0.1) is 0 Å². The summed E-state index contributed by atoms with van der Waals surface area (Å²) in [6, 6.07) is 13.5. The van der Waals surface area contributed by atoms with Crippen molar-refractivity contribution < 1.29 is 9.53 Å². The van der Waals surface area contributed by atoms with Crippen LogP contribution in [0.5, 0.6) is 5.75 Å². The summed E-state index contributed by atoms with van der Waals surface area (Å²) < 4.78 is 5.63. The van der Waals surface area contributed by atoms with Gasteiger partial charge in [0.25, 0.3) is 5.91 Å². The second-order valence-electron chi connectivity index (χ2n) is 6.46. The molecule has 0 unspecified atom stereocenters. The highest BCUT2D eigenvalue weighted by atomic mass is 35.5. The van der Waals surface area contributed by atoms with Gasteiger partial charge in [-0.1, -0.05) is 30.7 Å². The van der Waals surface area contributed by atoms with Gasteiger partial charge in [-0.25, -0.2) is 4.98 Å². The monoisotopic (exact) mass is 398 g/mol. The second kappa shape index (κ2) is 7.71. The Morgan fingerprint density at radius 2 is 2.15 bits per heavy atom. The zero-order chi connectivity index (χ0) is 18.8. The van der Waals surface area contributed by atoms with Crippen LogP contribution in [0.3, 0.4) is 0 Å². The van der Waals surface area contributed by atoms with E-state index in [1.54, 1.807) is 16.2 Å². The van der Waals surface area contributed by atoms with Crippen molar-refractivity contribution in [2.75, 3.05) is 11.5 Å². The number of benzene rings is 2. The highest BCUT2D eigenvalue weighted by Gasteiger charge is 2.26. The van der Waals surface area contributed by atoms with Crippen molar-refractivity contribution in [3.05, 3.63) is 63.4 Å². The van der Waals surface area contributed by atoms with Crippen LogP contribution in [0.1, 0.15) is 23.9 Å². The SMILES string of the molecule is CCCc1nc(-c2ccc3c(c2)N(Cc2cccc(Cl)c2)C(=O)CO3)cs1. The van der Waals surface area contributed by atoms with Gasteiger partial charge in [0, 0.05) is 16.0 Å². The first-order valence-corrected chi connectivity index (χ1v) is 10.2. The lowest BCUT2D eigenvalue weighted by Gasteiger charge is -2.30. The van der Waals surface area contributed by atoms with Crippen molar-refractivity contribution in [3.8, 4) is 17.0 Å². The first kappa shape index (κ1) is 18.0. The average Bonchev–Trinajstić information content (AvgIpc) is 3.13. The quantitative estimate of drug-likeness (QED) is 0.582. The fourth-order valence-electron chi connectivity index (χ4n) is 3.12. The number of rotatable bonds is 5. The van der Waals surface area contributed by atoms with Gasteiger partial charge < -0.3 is 9.64 Å². The van der Waals surface area contributed by atoms with E-state index >= 15 is 0 Å². The van der Waals surface area contributed by atoms with Crippen LogP contribution in [0.15, 0.2) is 47.8 Å². The summed E-state index contributed by atoms with van der Waals surface area (Å²) in [5.41, 5.74) is 3.68. The molecule has 138 valence electrons. The predicted octanol–water partition coefficient (Wildman–Crippen LogP) is 5.34. The number of halogens is 1. The number of ether oxygens (including phenoxy) is 1. The first-order chi connectivity index (χ1) is 13.1. The van der Waals surface area contributed by atoms with E-state index in [4.69, 9.17) is 21.3 Å². The number of amides is 1. The van der Waals surface area contributed by atoms with Gasteiger partial charge in [0.1, 0.15) is 5.75 Å². The zero-order valence-electron chi connectivity index (χ0n) is 14.9. The number of fused-ring (bicyclic) bond motifs is 1. The molecule has 6 heteroatoms. The van der Waals surface area contributed by atoms with E-state index in [2.05, 4.69) is 12.3 Å². The van der Waals surface area contributed by atoms with E-state index < -0.39 is 0 Å². The van der Waals surface area contributed by atoms with Crippen LogP contribution in [-0.4, -0.2) is 17.5 Å². The van der Waals surface area contributed by atoms with Crippen LogP contribution >= 0.6 is 22.9 Å². The summed E-state index contributed by atoms with van der Waals surface area (Å²) in [6.07, 6.45) is 2.06. The summed E-state index contributed by atoms with van der Waals surface area (Å²) in [5, 5.41) is 3.86. The molecule has 1 aromatic heterocycles. The molecular weight excluding hydrogens is 380 g/mol. The third kappa shape index (κ3) is 3.84. The van der Waals surface area contributed by atoms with Crippen molar-refractivity contribution in [3.63, 3.8) is 0 Å². The molecule has 0 saturated carbocycles. The lowest BCUT2D eigenvalue weighted by Crippen LogP contribution is -2.38. The minimum Gasteiger partial charge on any atom is -0.482 e. The number of nitrogens with zero attached hydrogens (tertiary/aromatic N) is 2. The standard InChI is InChI=1S/C21H19ClN2O2S/c1-2-4-20-23-17(13-27-20)15-7-8-19-18(10-15)24(21(25)12-26-19)11-14-5-3-6-16(22)9-14/h3,5-10,13H,2,4,11-12H2,1H3. The Hall–Kier alpha value is -2.37. The van der Waals surface area contributed by atoms with Crippen molar-refractivity contribution in [2.24, 2.45) is 0 Å². The van der Waals surface area contributed by atoms with Crippen molar-refractivity contribution in [1.29, 1.82) is 0 Å². The molecule has 0 saturated heterocycles. The van der Waals surface area contributed by atoms with E-state index in [1.807, 2.05) is 42.5 Å². The van der Waals surface area contributed by atoms with Gasteiger partial charge in [-0.05, 0) is 48.7 Å². The van der Waals surface area contributed by atoms with E-state index in [0.29, 0.717) is 17.3 Å². The summed E-state index contributed by atoms with van der Waals surface area (Å²) in [7, 11) is 0. The van der Waals surface area contributed by atoms with Gasteiger partial charge in [0.05, 0.1) is 22.9 Å². The summed E-state index contributed by atoms with van der Waals surface area (Å²) in [6.45, 7) is 2.65. The Kier molecular flexibility index (Phi) is 5.14. The molecular formula is C21H19ClN2O2S. The number of aromatic nitrogens is 1. The van der Waals surface area contributed by atoms with Crippen LogP contribution < -0.4 is 9.64 Å². The van der Waals surface area contributed by atoms with E-state index in [0.717, 1.165) is 40.4 Å². The highest BCUT2D eigenvalue weighted by Crippen LogP contribution is 2.37. The molecule has 1 amide bonds. The van der Waals surface area contributed by atoms with Crippen LogP contribution in [-0.2, 0) is 17.8 Å². The third-order valence-corrected chi connectivity index (χ3v) is 5.59. The zero-order valence-corrected chi connectivity index (χ0v) is 16.5. The molecule has 0 spiro atoms. The van der Waals surface area contributed by atoms with Crippen molar-refractivity contribution in [1.82, 2.24) is 4.98 Å². The molecule has 4 nitrogen and oxygen atoms in total. The molecule has 0 fully saturated rings. The van der Waals surface area contributed by atoms with Gasteiger partial charge in [0.15, 0.2) is 6.61 Å². The Labute approximate surface area is 167 Å². The topological polar surface area (TPSA) is 42.4 Å². The van der Waals surface area contributed by atoms with Gasteiger partial charge in [-0.3, -0.25) is 4.79 Å². The van der Waals surface area contributed by atoms with Crippen molar-refractivity contribution in [2.45, 2.75) is 26.3 Å². The van der Waals surface area contributed by atoms with E-state index in [1.165, 1.54) is 0 Å². The fraction of sp³-hybridized carbons (Fsp3) is 0.238. The van der Waals surface area contributed by atoms with Crippen LogP contribution in [0.4, 0.5) is 5.69 Å². The molecule has 0 aliphatic carbocycles. The first-order valence-electron chi connectivity index (χ1n) is 8.90. The highest BCUT2D eigenvalue weighted by molar-refractivity contribution is 7.09. The summed E-state index contributed by atoms with van der Waals surface area (Å²) in [5.74, 6) is 0.647. The van der Waals surface area contributed by atoms with E-state index in [9.17, 15) is 4.79 Å². The molecule has 0 N–H and O–H groups in total. The van der Waals surface area contributed by atoms with Crippen molar-refractivity contribution >= 4 is 34.5 Å². The molecule has 2 heterocycles. The maximum Gasteiger partial charge on any atom is 0.265 e. The largest absolute Gasteiger partial charge is 0.482 e. The van der Waals surface area contributed by atoms with Crippen LogP contribution in [0.25, 0.3) is 11.3 Å². The molecule has 0 bridgehead atoms. The Balaban J connectivity index is 1.68. The summed E-state index contributed by atoms with van der Waals surface area (Å²) in [4.78, 5) is 19.0. The number of aryl methyl sites for hydroxylation is 1. The Bertz CT molecular complexity index is 986. The number of carbonyl (C=O) groups is 1. The Morgan fingerprint density at radius 1 is 1.26 bits per heavy atom. The fourth-order valence-corrected chi connectivity index (χ4v) is 4.25. The minimum absolute atomic E-state index is 0.0459. The van der Waals surface area contributed by atoms with E-state index in [-0.39, 0.29) is 12.5 Å². The number of carbonyl (C=O) groups excluding carboxylic acids is 1. The third-order valence-electron chi connectivity index (χ3n) is 4.44. The van der Waals surface area contributed by atoms with Gasteiger partial charge in [-0.2, -0.15) is 0 Å². The molecule has 1 aliphatic heterocycles. The van der Waals surface area contributed by atoms with Crippen LogP contribution in [0.2, 0.25) is 5.02 Å². The maximum absolute atomic E-state index is 12.5. The lowest BCUT2D eigenvalue weighted by molar-refractivity contribution is -0.121. The number of anilines is 1. The number of hydrogen-bond donors (Lipinski definition) is 0. The smallest absolute Gasteiger partial charge is 0.265 e. The predicted molar refractivity (Wildman–Crippen MR) is 110 cm³/mol. The Morgan fingerprint density at radius 3 is 2.96 bits per heavy atom. The molecule has 0 atom stereocenters. The molecule has 1 aliphatic rings. The molecule has 2 aromatic carbocycles. The van der Waals surface area contributed by atoms with Gasteiger partial charge in [-0.15, -0.1) is 11.3 Å². The summed E-state index contributed by atoms with van der Waals surface area (Å²) >= 11 is 7.77.